The first-order valence-corrected chi connectivity index (χ1v) is 8.37. The van der Waals surface area contributed by atoms with Gasteiger partial charge in [-0.1, -0.05) is 23.7 Å². The molecular formula is C20H18ClN3O2. The van der Waals surface area contributed by atoms with Gasteiger partial charge in [-0.25, -0.2) is 4.98 Å². The van der Waals surface area contributed by atoms with Gasteiger partial charge >= 0.3 is 0 Å². The van der Waals surface area contributed by atoms with Crippen LogP contribution >= 0.6 is 11.6 Å². The Labute approximate surface area is 157 Å². The van der Waals surface area contributed by atoms with Gasteiger partial charge in [0.2, 0.25) is 0 Å². The molecule has 0 aliphatic rings. The molecule has 0 aliphatic carbocycles. The zero-order valence-corrected chi connectivity index (χ0v) is 15.2. The number of hydrogen-bond donors (Lipinski definition) is 2. The van der Waals surface area contributed by atoms with E-state index in [1.54, 1.807) is 30.3 Å². The Morgan fingerprint density at radius 1 is 1.12 bits per heavy atom. The SMILES string of the molecule is COc1ccc(Cl)cc1NC(=O)c1ccc(Nc2cccc(C)c2)nc1. The molecule has 1 amide bonds. The van der Waals surface area contributed by atoms with E-state index in [-0.39, 0.29) is 5.91 Å². The van der Waals surface area contributed by atoms with Gasteiger partial charge in [-0.3, -0.25) is 4.79 Å². The van der Waals surface area contributed by atoms with Gasteiger partial charge in [0.15, 0.2) is 0 Å². The van der Waals surface area contributed by atoms with Crippen molar-refractivity contribution < 1.29 is 9.53 Å². The lowest BCUT2D eigenvalue weighted by molar-refractivity contribution is 0.102. The number of amides is 1. The molecule has 0 saturated heterocycles. The highest BCUT2D eigenvalue weighted by Crippen LogP contribution is 2.28. The lowest BCUT2D eigenvalue weighted by Crippen LogP contribution is -2.13. The molecule has 3 rings (SSSR count). The van der Waals surface area contributed by atoms with E-state index in [0.29, 0.717) is 27.8 Å². The second-order valence-corrected chi connectivity index (χ2v) is 6.16. The highest BCUT2D eigenvalue weighted by molar-refractivity contribution is 6.31. The van der Waals surface area contributed by atoms with Crippen LogP contribution in [0.15, 0.2) is 60.8 Å². The highest BCUT2D eigenvalue weighted by atomic mass is 35.5. The molecule has 0 saturated carbocycles. The van der Waals surface area contributed by atoms with Crippen molar-refractivity contribution in [1.29, 1.82) is 0 Å². The van der Waals surface area contributed by atoms with Gasteiger partial charge < -0.3 is 15.4 Å². The fourth-order valence-corrected chi connectivity index (χ4v) is 2.62. The Bertz CT molecular complexity index is 927. The number of carbonyl (C=O) groups is 1. The van der Waals surface area contributed by atoms with Crippen LogP contribution in [0.25, 0.3) is 0 Å². The molecule has 0 spiro atoms. The van der Waals surface area contributed by atoms with Gasteiger partial charge in [-0.05, 0) is 55.0 Å². The summed E-state index contributed by atoms with van der Waals surface area (Å²) in [5.74, 6) is 0.904. The van der Waals surface area contributed by atoms with Crippen LogP contribution in [-0.2, 0) is 0 Å². The molecule has 0 atom stereocenters. The first-order chi connectivity index (χ1) is 12.5. The number of aromatic nitrogens is 1. The molecule has 2 N–H and O–H groups in total. The van der Waals surface area contributed by atoms with Crippen molar-refractivity contribution in [2.75, 3.05) is 17.7 Å². The molecule has 0 bridgehead atoms. The number of hydrogen-bond acceptors (Lipinski definition) is 4. The van der Waals surface area contributed by atoms with Crippen LogP contribution in [0.2, 0.25) is 5.02 Å². The first kappa shape index (κ1) is 17.8. The maximum Gasteiger partial charge on any atom is 0.257 e. The molecule has 5 nitrogen and oxygen atoms in total. The average molecular weight is 368 g/mol. The lowest BCUT2D eigenvalue weighted by Gasteiger charge is -2.11. The number of anilines is 3. The number of nitrogens with zero attached hydrogens (tertiary/aromatic N) is 1. The van der Waals surface area contributed by atoms with Crippen LogP contribution < -0.4 is 15.4 Å². The number of carbonyl (C=O) groups excluding carboxylic acids is 1. The van der Waals surface area contributed by atoms with Crippen LogP contribution in [0.1, 0.15) is 15.9 Å². The molecule has 132 valence electrons. The normalized spacial score (nSPS) is 10.3. The Morgan fingerprint density at radius 2 is 1.96 bits per heavy atom. The van der Waals surface area contributed by atoms with Crippen molar-refractivity contribution in [3.63, 3.8) is 0 Å². The lowest BCUT2D eigenvalue weighted by atomic mass is 10.2. The second kappa shape index (κ2) is 7.89. The Hall–Kier alpha value is -3.05. The van der Waals surface area contributed by atoms with E-state index in [9.17, 15) is 4.79 Å². The summed E-state index contributed by atoms with van der Waals surface area (Å²) in [4.78, 5) is 16.7. The third-order valence-corrected chi connectivity index (χ3v) is 3.96. The van der Waals surface area contributed by atoms with Crippen molar-refractivity contribution in [3.05, 3.63) is 76.9 Å². The van der Waals surface area contributed by atoms with Crippen LogP contribution in [0.4, 0.5) is 17.2 Å². The maximum absolute atomic E-state index is 12.4. The van der Waals surface area contributed by atoms with E-state index >= 15 is 0 Å². The van der Waals surface area contributed by atoms with Crippen LogP contribution in [-0.4, -0.2) is 18.0 Å². The third kappa shape index (κ3) is 4.32. The predicted molar refractivity (Wildman–Crippen MR) is 105 cm³/mol. The number of benzene rings is 2. The summed E-state index contributed by atoms with van der Waals surface area (Å²) in [6.45, 7) is 2.02. The summed E-state index contributed by atoms with van der Waals surface area (Å²) in [6, 6.07) is 16.5. The zero-order valence-electron chi connectivity index (χ0n) is 14.4. The molecule has 1 heterocycles. The van der Waals surface area contributed by atoms with E-state index in [1.807, 2.05) is 31.2 Å². The van der Waals surface area contributed by atoms with E-state index in [1.165, 1.54) is 13.3 Å². The van der Waals surface area contributed by atoms with E-state index in [0.717, 1.165) is 11.3 Å². The minimum Gasteiger partial charge on any atom is -0.495 e. The number of pyridine rings is 1. The summed E-state index contributed by atoms with van der Waals surface area (Å²) >= 11 is 5.98. The smallest absolute Gasteiger partial charge is 0.257 e. The Morgan fingerprint density at radius 3 is 2.65 bits per heavy atom. The molecular weight excluding hydrogens is 350 g/mol. The Balaban J connectivity index is 1.72. The van der Waals surface area contributed by atoms with Gasteiger partial charge in [0.1, 0.15) is 11.6 Å². The zero-order chi connectivity index (χ0) is 18.5. The minimum atomic E-state index is -0.292. The van der Waals surface area contributed by atoms with Crippen molar-refractivity contribution in [2.45, 2.75) is 6.92 Å². The maximum atomic E-state index is 12.4. The van der Waals surface area contributed by atoms with Crippen LogP contribution in [0, 0.1) is 6.92 Å². The second-order valence-electron chi connectivity index (χ2n) is 5.73. The summed E-state index contributed by atoms with van der Waals surface area (Å²) in [6.07, 6.45) is 1.52. The molecule has 0 unspecified atom stereocenters. The van der Waals surface area contributed by atoms with Crippen molar-refractivity contribution in [3.8, 4) is 5.75 Å². The topological polar surface area (TPSA) is 63.2 Å². The monoisotopic (exact) mass is 367 g/mol. The van der Waals surface area contributed by atoms with Crippen LogP contribution in [0.3, 0.4) is 0 Å². The summed E-state index contributed by atoms with van der Waals surface area (Å²) in [5.41, 5.74) is 3.04. The van der Waals surface area contributed by atoms with E-state index in [4.69, 9.17) is 16.3 Å². The fraction of sp³-hybridized carbons (Fsp3) is 0.100. The molecule has 1 aromatic heterocycles. The fourth-order valence-electron chi connectivity index (χ4n) is 2.45. The van der Waals surface area contributed by atoms with Gasteiger partial charge in [-0.15, -0.1) is 0 Å². The quantitative estimate of drug-likeness (QED) is 0.662. The average Bonchev–Trinajstić information content (AvgIpc) is 2.62. The number of rotatable bonds is 5. The highest BCUT2D eigenvalue weighted by Gasteiger charge is 2.11. The van der Waals surface area contributed by atoms with Crippen molar-refractivity contribution >= 4 is 34.7 Å². The van der Waals surface area contributed by atoms with E-state index in [2.05, 4.69) is 15.6 Å². The molecule has 3 aromatic rings. The molecule has 0 aliphatic heterocycles. The van der Waals surface area contributed by atoms with Gasteiger partial charge in [-0.2, -0.15) is 0 Å². The van der Waals surface area contributed by atoms with Gasteiger partial charge in [0.25, 0.3) is 5.91 Å². The molecule has 0 fully saturated rings. The van der Waals surface area contributed by atoms with Crippen molar-refractivity contribution in [1.82, 2.24) is 4.98 Å². The standard InChI is InChI=1S/C20H18ClN3O2/c1-13-4-3-5-16(10-13)23-19-9-6-14(12-22-19)20(25)24-17-11-15(21)7-8-18(17)26-2/h3-12H,1-2H3,(H,22,23)(H,24,25). The van der Waals surface area contributed by atoms with Crippen molar-refractivity contribution in [2.24, 2.45) is 0 Å². The first-order valence-electron chi connectivity index (χ1n) is 8.00. The molecule has 6 heteroatoms. The van der Waals surface area contributed by atoms with E-state index < -0.39 is 0 Å². The summed E-state index contributed by atoms with van der Waals surface area (Å²) in [7, 11) is 1.53. The predicted octanol–water partition coefficient (Wildman–Crippen LogP) is 5.05. The van der Waals surface area contributed by atoms with Gasteiger partial charge in [0, 0.05) is 16.9 Å². The number of halogens is 1. The summed E-state index contributed by atoms with van der Waals surface area (Å²) < 4.78 is 5.23. The molecule has 2 aromatic carbocycles. The largest absolute Gasteiger partial charge is 0.495 e. The molecule has 0 radical (unpaired) electrons. The number of ether oxygens (including phenoxy) is 1. The number of aryl methyl sites for hydroxylation is 1. The number of nitrogens with one attached hydrogen (secondary N) is 2. The van der Waals surface area contributed by atoms with Gasteiger partial charge in [0.05, 0.1) is 18.4 Å². The minimum absolute atomic E-state index is 0.292. The molecule has 26 heavy (non-hydrogen) atoms. The number of methoxy groups -OCH3 is 1. The summed E-state index contributed by atoms with van der Waals surface area (Å²) in [5, 5.41) is 6.50. The third-order valence-electron chi connectivity index (χ3n) is 3.73. The Kier molecular flexibility index (Phi) is 5.39. The van der Waals surface area contributed by atoms with Crippen LogP contribution in [0.5, 0.6) is 5.75 Å².